The topological polar surface area (TPSA) is 63.5 Å². The lowest BCUT2D eigenvalue weighted by molar-refractivity contribution is -0.915. The van der Waals surface area contributed by atoms with Crippen LogP contribution in [0, 0.1) is 0 Å². The molecule has 2 aromatic carbocycles. The number of carbonyl (C=O) groups excluding carboxylic acids is 2. The van der Waals surface area contributed by atoms with E-state index in [0.29, 0.717) is 5.69 Å². The fourth-order valence-corrected chi connectivity index (χ4v) is 4.56. The van der Waals surface area contributed by atoms with Gasteiger partial charge in [0.05, 0.1) is 38.3 Å². The van der Waals surface area contributed by atoms with Crippen LogP contribution in [0.2, 0.25) is 0 Å². The highest BCUT2D eigenvalue weighted by atomic mass is 79.9. The van der Waals surface area contributed by atoms with Crippen molar-refractivity contribution in [2.45, 2.75) is 12.5 Å². The molecule has 0 unspecified atom stereocenters. The van der Waals surface area contributed by atoms with Gasteiger partial charge in [-0.2, -0.15) is 0 Å². The van der Waals surface area contributed by atoms with Crippen molar-refractivity contribution in [2.75, 3.05) is 42.8 Å². The summed E-state index contributed by atoms with van der Waals surface area (Å²) in [6.45, 7) is 3.54. The molecule has 3 aliphatic heterocycles. The van der Waals surface area contributed by atoms with E-state index in [2.05, 4.69) is 20.8 Å². The Bertz CT molecular complexity index is 957. The number of hydrogen-bond donors (Lipinski definition) is 1. The molecule has 1 atom stereocenters. The quantitative estimate of drug-likeness (QED) is 0.700. The van der Waals surface area contributed by atoms with Gasteiger partial charge in [0.15, 0.2) is 17.5 Å². The Morgan fingerprint density at radius 2 is 1.62 bits per heavy atom. The second kappa shape index (κ2) is 7.35. The number of rotatable bonds is 3. The van der Waals surface area contributed by atoms with Crippen LogP contribution >= 0.6 is 15.9 Å². The highest BCUT2D eigenvalue weighted by Gasteiger charge is 2.46. The average Bonchev–Trinajstić information content (AvgIpc) is 3.32. The molecule has 2 aromatic rings. The summed E-state index contributed by atoms with van der Waals surface area (Å²) in [4.78, 5) is 30.4. The Morgan fingerprint density at radius 3 is 2.38 bits per heavy atom. The second-order valence-electron chi connectivity index (χ2n) is 7.48. The van der Waals surface area contributed by atoms with Gasteiger partial charge in [0, 0.05) is 16.2 Å². The van der Waals surface area contributed by atoms with Gasteiger partial charge in [0.2, 0.25) is 12.7 Å². The summed E-state index contributed by atoms with van der Waals surface area (Å²) < 4.78 is 11.8. The molecule has 0 bridgehead atoms. The molecule has 3 heterocycles. The fourth-order valence-electron chi connectivity index (χ4n) is 4.29. The lowest BCUT2D eigenvalue weighted by Gasteiger charge is -2.35. The van der Waals surface area contributed by atoms with Gasteiger partial charge in [-0.25, -0.2) is 4.90 Å². The van der Waals surface area contributed by atoms with Crippen LogP contribution in [0.5, 0.6) is 11.5 Å². The summed E-state index contributed by atoms with van der Waals surface area (Å²) in [5.41, 5.74) is 1.74. The van der Waals surface area contributed by atoms with Gasteiger partial charge in [-0.1, -0.05) is 15.9 Å². The summed E-state index contributed by atoms with van der Waals surface area (Å²) in [6, 6.07) is 13.0. The standard InChI is InChI=1S/C21H20BrN3O4/c22-14-1-3-15(4-2-14)25-20(26)12-17(21(25)27)24-9-7-23(8-10-24)16-5-6-18-19(11-16)29-13-28-18/h1-6,11,17H,7-10,12-13H2/p+1/t17-/m0/s1. The molecule has 3 aliphatic rings. The third-order valence-corrected chi connectivity index (χ3v) is 6.38. The number of nitrogens with zero attached hydrogens (tertiary/aromatic N) is 2. The molecule has 150 valence electrons. The molecule has 7 nitrogen and oxygen atoms in total. The van der Waals surface area contributed by atoms with E-state index in [1.807, 2.05) is 30.3 Å². The molecular weight excluding hydrogens is 438 g/mol. The molecule has 2 amide bonds. The Kier molecular flexibility index (Phi) is 4.67. The van der Waals surface area contributed by atoms with Crippen LogP contribution < -0.4 is 24.2 Å². The van der Waals surface area contributed by atoms with Gasteiger partial charge in [-0.05, 0) is 36.4 Å². The number of carbonyl (C=O) groups is 2. The minimum atomic E-state index is -0.301. The maximum Gasteiger partial charge on any atom is 0.292 e. The fraction of sp³-hybridized carbons (Fsp3) is 0.333. The molecule has 0 aromatic heterocycles. The normalized spacial score (nSPS) is 21.9. The van der Waals surface area contributed by atoms with Crippen molar-refractivity contribution in [3.63, 3.8) is 0 Å². The maximum absolute atomic E-state index is 13.0. The smallest absolute Gasteiger partial charge is 0.292 e. The van der Waals surface area contributed by atoms with E-state index < -0.39 is 0 Å². The first-order valence-corrected chi connectivity index (χ1v) is 10.5. The molecule has 8 heteroatoms. The van der Waals surface area contributed by atoms with E-state index in [9.17, 15) is 9.59 Å². The number of benzene rings is 2. The first-order chi connectivity index (χ1) is 14.1. The van der Waals surface area contributed by atoms with Crippen LogP contribution in [0.4, 0.5) is 11.4 Å². The summed E-state index contributed by atoms with van der Waals surface area (Å²) >= 11 is 3.39. The van der Waals surface area contributed by atoms with Crippen LogP contribution in [0.3, 0.4) is 0 Å². The van der Waals surface area contributed by atoms with Crippen molar-refractivity contribution < 1.29 is 24.0 Å². The highest BCUT2D eigenvalue weighted by Crippen LogP contribution is 2.35. The molecule has 0 spiro atoms. The number of halogens is 1. The Balaban J connectivity index is 1.26. The third kappa shape index (κ3) is 3.36. The predicted molar refractivity (Wildman–Crippen MR) is 111 cm³/mol. The summed E-state index contributed by atoms with van der Waals surface area (Å²) in [5, 5.41) is 0. The number of hydrogen-bond acceptors (Lipinski definition) is 5. The average molecular weight is 459 g/mol. The number of amides is 2. The Morgan fingerprint density at radius 1 is 0.931 bits per heavy atom. The molecule has 2 saturated heterocycles. The highest BCUT2D eigenvalue weighted by molar-refractivity contribution is 9.10. The van der Waals surface area contributed by atoms with Crippen LogP contribution in [0.15, 0.2) is 46.9 Å². The number of piperazine rings is 1. The van der Waals surface area contributed by atoms with Crippen molar-refractivity contribution in [1.82, 2.24) is 0 Å². The van der Waals surface area contributed by atoms with Crippen LogP contribution in [-0.2, 0) is 9.59 Å². The first-order valence-electron chi connectivity index (χ1n) is 9.72. The summed E-state index contributed by atoms with van der Waals surface area (Å²) in [6.07, 6.45) is 0.272. The molecule has 0 saturated carbocycles. The summed E-state index contributed by atoms with van der Waals surface area (Å²) in [5.74, 6) is 1.34. The summed E-state index contributed by atoms with van der Waals surface area (Å²) in [7, 11) is 0. The minimum Gasteiger partial charge on any atom is -0.454 e. The predicted octanol–water partition coefficient (Wildman–Crippen LogP) is 1.21. The zero-order chi connectivity index (χ0) is 20.0. The number of nitrogens with one attached hydrogen (secondary N) is 1. The van der Waals surface area contributed by atoms with E-state index in [-0.39, 0.29) is 31.1 Å². The molecular formula is C21H21BrN3O4+. The first kappa shape index (κ1) is 18.4. The molecule has 1 N–H and O–H groups in total. The van der Waals surface area contributed by atoms with Crippen molar-refractivity contribution in [3.8, 4) is 11.5 Å². The molecule has 5 rings (SSSR count). The van der Waals surface area contributed by atoms with Crippen LogP contribution in [0.25, 0.3) is 0 Å². The SMILES string of the molecule is O=C1C[C@H]([NH+]2CCN(c3ccc4c(c3)OCO4)CC2)C(=O)N1c1ccc(Br)cc1. The maximum atomic E-state index is 13.0. The van der Waals surface area contributed by atoms with Crippen molar-refractivity contribution in [3.05, 3.63) is 46.9 Å². The Hall–Kier alpha value is -2.58. The molecule has 0 aliphatic carbocycles. The van der Waals surface area contributed by atoms with Gasteiger partial charge in [-0.3, -0.25) is 9.59 Å². The largest absolute Gasteiger partial charge is 0.454 e. The molecule has 0 radical (unpaired) electrons. The minimum absolute atomic E-state index is 0.0937. The van der Waals surface area contributed by atoms with Gasteiger partial charge in [0.25, 0.3) is 5.91 Å². The lowest BCUT2D eigenvalue weighted by Crippen LogP contribution is -3.19. The van der Waals surface area contributed by atoms with Crippen LogP contribution in [0.1, 0.15) is 6.42 Å². The van der Waals surface area contributed by atoms with Crippen LogP contribution in [-0.4, -0.2) is 50.8 Å². The monoisotopic (exact) mass is 458 g/mol. The van der Waals surface area contributed by atoms with Gasteiger partial charge >= 0.3 is 0 Å². The molecule has 29 heavy (non-hydrogen) atoms. The molecule has 2 fully saturated rings. The second-order valence-corrected chi connectivity index (χ2v) is 8.40. The van der Waals surface area contributed by atoms with Gasteiger partial charge < -0.3 is 19.3 Å². The number of fused-ring (bicyclic) bond motifs is 1. The van der Waals surface area contributed by atoms with Crippen molar-refractivity contribution in [2.24, 2.45) is 0 Å². The Labute approximate surface area is 176 Å². The van der Waals surface area contributed by atoms with Crippen molar-refractivity contribution in [1.29, 1.82) is 0 Å². The number of quaternary nitrogens is 1. The van der Waals surface area contributed by atoms with Gasteiger partial charge in [-0.15, -0.1) is 0 Å². The third-order valence-electron chi connectivity index (χ3n) is 5.85. The number of anilines is 2. The van der Waals surface area contributed by atoms with Gasteiger partial charge in [0.1, 0.15) is 0 Å². The van der Waals surface area contributed by atoms with Crippen molar-refractivity contribution >= 4 is 39.1 Å². The zero-order valence-electron chi connectivity index (χ0n) is 15.8. The zero-order valence-corrected chi connectivity index (χ0v) is 17.4. The van der Waals surface area contributed by atoms with E-state index in [1.165, 1.54) is 9.80 Å². The van der Waals surface area contributed by atoms with E-state index >= 15 is 0 Å². The van der Waals surface area contributed by atoms with E-state index in [0.717, 1.165) is 47.8 Å². The number of imide groups is 1. The van der Waals surface area contributed by atoms with E-state index in [4.69, 9.17) is 9.47 Å². The van der Waals surface area contributed by atoms with E-state index in [1.54, 1.807) is 12.1 Å². The lowest BCUT2D eigenvalue weighted by atomic mass is 10.1. The number of ether oxygens (including phenoxy) is 2.